The number of rotatable bonds is 3. The second kappa shape index (κ2) is 6.00. The number of carbonyl (C=O) groups excluding carboxylic acids is 1. The number of anilines is 1. The van der Waals surface area contributed by atoms with E-state index in [0.717, 1.165) is 6.07 Å². The van der Waals surface area contributed by atoms with E-state index in [1.54, 1.807) is 53.6 Å². The summed E-state index contributed by atoms with van der Waals surface area (Å²) in [6, 6.07) is 9.49. The summed E-state index contributed by atoms with van der Waals surface area (Å²) in [6.07, 6.45) is 6.23. The number of aromatic nitrogens is 4. The summed E-state index contributed by atoms with van der Waals surface area (Å²) in [4.78, 5) is 36.5. The van der Waals surface area contributed by atoms with Crippen molar-refractivity contribution < 1.29 is 9.21 Å². The SMILES string of the molecule is O=C(Nc1cc(-n2ccnc2)ncn1)c1cc(=O)c2ccccc2o1. The summed E-state index contributed by atoms with van der Waals surface area (Å²) in [5.74, 6) is 0.159. The predicted molar refractivity (Wildman–Crippen MR) is 89.6 cm³/mol. The van der Waals surface area contributed by atoms with Gasteiger partial charge in [0.25, 0.3) is 5.91 Å². The van der Waals surface area contributed by atoms with E-state index in [4.69, 9.17) is 4.42 Å². The third-order valence-corrected chi connectivity index (χ3v) is 3.52. The molecule has 0 aliphatic heterocycles. The molecule has 8 nitrogen and oxygen atoms in total. The minimum atomic E-state index is -0.571. The van der Waals surface area contributed by atoms with Gasteiger partial charge in [0.15, 0.2) is 11.2 Å². The smallest absolute Gasteiger partial charge is 0.292 e. The minimum Gasteiger partial charge on any atom is -0.451 e. The lowest BCUT2D eigenvalue weighted by atomic mass is 10.2. The molecule has 0 radical (unpaired) electrons. The van der Waals surface area contributed by atoms with Crippen molar-refractivity contribution in [3.63, 3.8) is 0 Å². The molecule has 3 aromatic heterocycles. The van der Waals surface area contributed by atoms with E-state index < -0.39 is 5.91 Å². The van der Waals surface area contributed by atoms with E-state index >= 15 is 0 Å². The van der Waals surface area contributed by atoms with Gasteiger partial charge in [-0.1, -0.05) is 12.1 Å². The standard InChI is InChI=1S/C17H11N5O3/c23-12-7-14(25-13-4-2-1-3-11(12)13)17(24)21-15-8-16(20-9-19-15)22-6-5-18-10-22/h1-10H,(H,19,20,21,24). The van der Waals surface area contributed by atoms with Crippen LogP contribution >= 0.6 is 0 Å². The molecule has 0 fully saturated rings. The van der Waals surface area contributed by atoms with Crippen LogP contribution in [0.1, 0.15) is 10.6 Å². The number of hydrogen-bond acceptors (Lipinski definition) is 6. The zero-order valence-electron chi connectivity index (χ0n) is 12.8. The topological polar surface area (TPSA) is 103 Å². The van der Waals surface area contributed by atoms with Crippen LogP contribution in [0.2, 0.25) is 0 Å². The first-order valence-electron chi connectivity index (χ1n) is 7.35. The number of fused-ring (bicyclic) bond motifs is 1. The fraction of sp³-hybridized carbons (Fsp3) is 0. The maximum absolute atomic E-state index is 12.4. The largest absolute Gasteiger partial charge is 0.451 e. The quantitative estimate of drug-likeness (QED) is 0.615. The van der Waals surface area contributed by atoms with Gasteiger partial charge in [-0.25, -0.2) is 15.0 Å². The molecule has 1 aromatic carbocycles. The summed E-state index contributed by atoms with van der Waals surface area (Å²) in [6.45, 7) is 0. The fourth-order valence-corrected chi connectivity index (χ4v) is 2.35. The van der Waals surface area contributed by atoms with Gasteiger partial charge in [0, 0.05) is 24.5 Å². The van der Waals surface area contributed by atoms with Crippen LogP contribution in [0.25, 0.3) is 16.8 Å². The van der Waals surface area contributed by atoms with Gasteiger partial charge in [-0.2, -0.15) is 0 Å². The van der Waals surface area contributed by atoms with Gasteiger partial charge in [-0.15, -0.1) is 0 Å². The summed E-state index contributed by atoms with van der Waals surface area (Å²) in [5.41, 5.74) is 0.0655. The van der Waals surface area contributed by atoms with Crippen molar-refractivity contribution in [1.29, 1.82) is 0 Å². The Morgan fingerprint density at radius 3 is 2.88 bits per heavy atom. The number of carbonyl (C=O) groups is 1. The summed E-state index contributed by atoms with van der Waals surface area (Å²) in [5, 5.41) is 3.02. The van der Waals surface area contributed by atoms with E-state index in [2.05, 4.69) is 20.3 Å². The van der Waals surface area contributed by atoms with Gasteiger partial charge >= 0.3 is 0 Å². The molecule has 122 valence electrons. The van der Waals surface area contributed by atoms with Crippen LogP contribution in [-0.2, 0) is 0 Å². The molecule has 0 spiro atoms. The predicted octanol–water partition coefficient (Wildman–Crippen LogP) is 2.02. The Morgan fingerprint density at radius 1 is 1.16 bits per heavy atom. The number of nitrogens with one attached hydrogen (secondary N) is 1. The first-order chi connectivity index (χ1) is 12.2. The van der Waals surface area contributed by atoms with E-state index in [0.29, 0.717) is 16.8 Å². The van der Waals surface area contributed by atoms with Crippen molar-refractivity contribution >= 4 is 22.7 Å². The number of nitrogens with zero attached hydrogens (tertiary/aromatic N) is 4. The van der Waals surface area contributed by atoms with E-state index in [1.807, 2.05) is 0 Å². The van der Waals surface area contributed by atoms with Crippen LogP contribution in [0.4, 0.5) is 5.82 Å². The summed E-state index contributed by atoms with van der Waals surface area (Å²) in [7, 11) is 0. The third kappa shape index (κ3) is 2.88. The average molecular weight is 333 g/mol. The van der Waals surface area contributed by atoms with Crippen LogP contribution in [0.3, 0.4) is 0 Å². The van der Waals surface area contributed by atoms with E-state index in [-0.39, 0.29) is 17.0 Å². The molecule has 4 aromatic rings. The second-order valence-electron chi connectivity index (χ2n) is 5.16. The van der Waals surface area contributed by atoms with Gasteiger partial charge in [0.1, 0.15) is 29.9 Å². The van der Waals surface area contributed by atoms with E-state index in [9.17, 15) is 9.59 Å². The minimum absolute atomic E-state index is 0.0912. The lowest BCUT2D eigenvalue weighted by Gasteiger charge is -2.06. The van der Waals surface area contributed by atoms with Crippen LogP contribution in [-0.4, -0.2) is 25.4 Å². The van der Waals surface area contributed by atoms with Gasteiger partial charge in [0.05, 0.1) is 5.39 Å². The Hall–Kier alpha value is -3.81. The van der Waals surface area contributed by atoms with Crippen molar-refractivity contribution in [3.05, 3.63) is 77.4 Å². The normalized spacial score (nSPS) is 10.7. The highest BCUT2D eigenvalue weighted by Gasteiger charge is 2.13. The van der Waals surface area contributed by atoms with Crippen LogP contribution < -0.4 is 10.7 Å². The zero-order valence-corrected chi connectivity index (χ0v) is 12.8. The number of hydrogen-bond donors (Lipinski definition) is 1. The van der Waals surface area contributed by atoms with Gasteiger partial charge < -0.3 is 9.73 Å². The first-order valence-corrected chi connectivity index (χ1v) is 7.35. The Labute approximate surface area is 140 Å². The van der Waals surface area contributed by atoms with Crippen LogP contribution in [0.5, 0.6) is 0 Å². The summed E-state index contributed by atoms with van der Waals surface area (Å²) < 4.78 is 7.18. The monoisotopic (exact) mass is 333 g/mol. The number of para-hydroxylation sites is 1. The number of amides is 1. The maximum atomic E-state index is 12.4. The van der Waals surface area contributed by atoms with Crippen molar-refractivity contribution in [3.8, 4) is 5.82 Å². The Balaban J connectivity index is 1.64. The maximum Gasteiger partial charge on any atom is 0.292 e. The highest BCUT2D eigenvalue weighted by molar-refractivity contribution is 6.02. The van der Waals surface area contributed by atoms with Gasteiger partial charge in [-0.3, -0.25) is 14.2 Å². The zero-order chi connectivity index (χ0) is 17.2. The van der Waals surface area contributed by atoms with Crippen molar-refractivity contribution in [2.24, 2.45) is 0 Å². The number of benzene rings is 1. The molecular weight excluding hydrogens is 322 g/mol. The molecule has 0 unspecified atom stereocenters. The molecule has 0 aliphatic rings. The molecule has 0 saturated heterocycles. The molecule has 25 heavy (non-hydrogen) atoms. The lowest BCUT2D eigenvalue weighted by molar-refractivity contribution is 0.0997. The Morgan fingerprint density at radius 2 is 2.04 bits per heavy atom. The average Bonchev–Trinajstić information content (AvgIpc) is 3.17. The molecule has 0 bridgehead atoms. The highest BCUT2D eigenvalue weighted by Crippen LogP contribution is 2.14. The van der Waals surface area contributed by atoms with E-state index in [1.165, 1.54) is 6.33 Å². The van der Waals surface area contributed by atoms with Crippen molar-refractivity contribution in [2.45, 2.75) is 0 Å². The molecule has 0 atom stereocenters. The Kier molecular flexibility index (Phi) is 3.55. The van der Waals surface area contributed by atoms with Gasteiger partial charge in [0.2, 0.25) is 0 Å². The Bertz CT molecular complexity index is 1120. The van der Waals surface area contributed by atoms with Crippen molar-refractivity contribution in [1.82, 2.24) is 19.5 Å². The lowest BCUT2D eigenvalue weighted by Crippen LogP contribution is -2.16. The summed E-state index contributed by atoms with van der Waals surface area (Å²) >= 11 is 0. The van der Waals surface area contributed by atoms with Gasteiger partial charge in [-0.05, 0) is 12.1 Å². The van der Waals surface area contributed by atoms with Crippen molar-refractivity contribution in [2.75, 3.05) is 5.32 Å². The first kappa shape index (κ1) is 14.8. The molecule has 0 aliphatic carbocycles. The number of imidazole rings is 1. The molecular formula is C17H11N5O3. The molecule has 0 saturated carbocycles. The third-order valence-electron chi connectivity index (χ3n) is 3.52. The molecule has 3 heterocycles. The molecule has 4 rings (SSSR count). The molecule has 1 amide bonds. The molecule has 1 N–H and O–H groups in total. The van der Waals surface area contributed by atoms with Crippen LogP contribution in [0, 0.1) is 0 Å². The van der Waals surface area contributed by atoms with Crippen LogP contribution in [0.15, 0.2) is 70.7 Å². The highest BCUT2D eigenvalue weighted by atomic mass is 16.3. The second-order valence-corrected chi connectivity index (χ2v) is 5.16. The fourth-order valence-electron chi connectivity index (χ4n) is 2.35. The molecule has 8 heteroatoms.